The Morgan fingerprint density at radius 3 is 2.78 bits per heavy atom. The monoisotopic (exact) mass is 303 g/mol. The number of aryl methyl sites for hydroxylation is 1. The zero-order valence-corrected chi connectivity index (χ0v) is 12.2. The van der Waals surface area contributed by atoms with Crippen LogP contribution >= 0.6 is 22.7 Å². The molecule has 2 aromatic heterocycles. The first-order valence-electron chi connectivity index (χ1n) is 5.25. The van der Waals surface area contributed by atoms with Crippen molar-refractivity contribution in [3.05, 3.63) is 38.9 Å². The van der Waals surface area contributed by atoms with Gasteiger partial charge in [0, 0.05) is 16.3 Å². The standard InChI is InChI=1S/C11H13NO3S3/c1-8-5-11(17-10(8)7-13)18(14,15)12-6-9-3-2-4-16-9/h2-5,12-13H,6-7H2,1H3. The molecule has 0 saturated heterocycles. The van der Waals surface area contributed by atoms with Gasteiger partial charge in [-0.05, 0) is 30.0 Å². The van der Waals surface area contributed by atoms with Gasteiger partial charge in [0.05, 0.1) is 6.61 Å². The van der Waals surface area contributed by atoms with Gasteiger partial charge in [-0.15, -0.1) is 22.7 Å². The van der Waals surface area contributed by atoms with E-state index in [0.717, 1.165) is 21.8 Å². The Labute approximate surface area is 114 Å². The highest BCUT2D eigenvalue weighted by Crippen LogP contribution is 2.26. The van der Waals surface area contributed by atoms with Crippen molar-refractivity contribution in [3.8, 4) is 0 Å². The minimum atomic E-state index is -3.48. The third-order valence-corrected chi connectivity index (χ3v) is 6.40. The number of aliphatic hydroxyl groups is 1. The fraction of sp³-hybridized carbons (Fsp3) is 0.273. The maximum absolute atomic E-state index is 12.0. The molecule has 4 nitrogen and oxygen atoms in total. The lowest BCUT2D eigenvalue weighted by atomic mass is 10.3. The van der Waals surface area contributed by atoms with Crippen LogP contribution in [0.5, 0.6) is 0 Å². The molecular weight excluding hydrogens is 290 g/mol. The molecule has 0 spiro atoms. The van der Waals surface area contributed by atoms with Crippen LogP contribution in [0.15, 0.2) is 27.8 Å². The molecule has 0 aliphatic heterocycles. The van der Waals surface area contributed by atoms with Gasteiger partial charge in [-0.25, -0.2) is 13.1 Å². The van der Waals surface area contributed by atoms with Crippen molar-refractivity contribution in [3.63, 3.8) is 0 Å². The molecular formula is C11H13NO3S3. The summed E-state index contributed by atoms with van der Waals surface area (Å²) >= 11 is 2.61. The highest BCUT2D eigenvalue weighted by Gasteiger charge is 2.18. The third-order valence-electron chi connectivity index (χ3n) is 2.42. The van der Waals surface area contributed by atoms with Gasteiger partial charge in [-0.2, -0.15) is 0 Å². The minimum Gasteiger partial charge on any atom is -0.391 e. The second-order valence-corrected chi connectivity index (χ2v) is 7.90. The molecule has 0 atom stereocenters. The summed E-state index contributed by atoms with van der Waals surface area (Å²) < 4.78 is 26.9. The molecule has 0 aromatic carbocycles. The molecule has 2 aromatic rings. The Balaban J connectivity index is 2.14. The van der Waals surface area contributed by atoms with Crippen molar-refractivity contribution in [2.24, 2.45) is 0 Å². The Bertz CT molecular complexity index is 614. The second-order valence-electron chi connectivity index (χ2n) is 3.73. The van der Waals surface area contributed by atoms with Gasteiger partial charge < -0.3 is 5.11 Å². The fourth-order valence-electron chi connectivity index (χ4n) is 1.43. The number of hydrogen-bond acceptors (Lipinski definition) is 5. The molecule has 18 heavy (non-hydrogen) atoms. The van der Waals surface area contributed by atoms with E-state index in [1.54, 1.807) is 13.0 Å². The van der Waals surface area contributed by atoms with Crippen LogP contribution in [0.2, 0.25) is 0 Å². The van der Waals surface area contributed by atoms with Gasteiger partial charge in [-0.3, -0.25) is 0 Å². The van der Waals surface area contributed by atoms with E-state index in [2.05, 4.69) is 4.72 Å². The highest BCUT2D eigenvalue weighted by atomic mass is 32.2. The van der Waals surface area contributed by atoms with Crippen LogP contribution in [-0.2, 0) is 23.2 Å². The summed E-state index contributed by atoms with van der Waals surface area (Å²) in [6.45, 7) is 1.96. The summed E-state index contributed by atoms with van der Waals surface area (Å²) in [5.41, 5.74) is 0.805. The summed E-state index contributed by atoms with van der Waals surface area (Å²) in [4.78, 5) is 1.65. The Morgan fingerprint density at radius 2 is 2.22 bits per heavy atom. The first-order chi connectivity index (χ1) is 8.53. The van der Waals surface area contributed by atoms with E-state index in [1.807, 2.05) is 17.5 Å². The normalized spacial score (nSPS) is 11.9. The maximum Gasteiger partial charge on any atom is 0.250 e. The van der Waals surface area contributed by atoms with Crippen molar-refractivity contribution in [1.82, 2.24) is 4.72 Å². The SMILES string of the molecule is Cc1cc(S(=O)(=O)NCc2cccs2)sc1CO. The van der Waals surface area contributed by atoms with Crippen LogP contribution < -0.4 is 4.72 Å². The van der Waals surface area contributed by atoms with Crippen LogP contribution in [0.3, 0.4) is 0 Å². The molecule has 0 aliphatic rings. The summed E-state index contributed by atoms with van der Waals surface area (Å²) in [7, 11) is -3.48. The van der Waals surface area contributed by atoms with E-state index >= 15 is 0 Å². The molecule has 7 heteroatoms. The van der Waals surface area contributed by atoms with Crippen LogP contribution in [0.25, 0.3) is 0 Å². The summed E-state index contributed by atoms with van der Waals surface area (Å²) in [5, 5.41) is 11.0. The van der Waals surface area contributed by atoms with E-state index < -0.39 is 10.0 Å². The highest BCUT2D eigenvalue weighted by molar-refractivity contribution is 7.91. The molecule has 0 fully saturated rings. The van der Waals surface area contributed by atoms with E-state index in [-0.39, 0.29) is 10.8 Å². The van der Waals surface area contributed by atoms with E-state index in [4.69, 9.17) is 5.11 Å². The van der Waals surface area contributed by atoms with Crippen molar-refractivity contribution in [2.45, 2.75) is 24.3 Å². The number of hydrogen-bond donors (Lipinski definition) is 2. The molecule has 0 bridgehead atoms. The predicted molar refractivity (Wildman–Crippen MR) is 73.3 cm³/mol. The van der Waals surface area contributed by atoms with Crippen LogP contribution in [0.1, 0.15) is 15.3 Å². The van der Waals surface area contributed by atoms with E-state index in [1.165, 1.54) is 11.3 Å². The number of sulfonamides is 1. The lowest BCUT2D eigenvalue weighted by Crippen LogP contribution is -2.21. The summed E-state index contributed by atoms with van der Waals surface area (Å²) in [5.74, 6) is 0. The topological polar surface area (TPSA) is 66.4 Å². The number of rotatable bonds is 5. The average molecular weight is 303 g/mol. The third kappa shape index (κ3) is 2.99. The average Bonchev–Trinajstić information content (AvgIpc) is 2.95. The molecule has 0 saturated carbocycles. The first-order valence-corrected chi connectivity index (χ1v) is 8.43. The van der Waals surface area contributed by atoms with Crippen molar-refractivity contribution >= 4 is 32.7 Å². The van der Waals surface area contributed by atoms with Crippen LogP contribution in [0, 0.1) is 6.92 Å². The number of nitrogens with one attached hydrogen (secondary N) is 1. The molecule has 2 rings (SSSR count). The smallest absolute Gasteiger partial charge is 0.250 e. The van der Waals surface area contributed by atoms with E-state index in [0.29, 0.717) is 11.4 Å². The Hall–Kier alpha value is -0.730. The van der Waals surface area contributed by atoms with Gasteiger partial charge in [0.2, 0.25) is 10.0 Å². The lowest BCUT2D eigenvalue weighted by molar-refractivity contribution is 0.285. The second kappa shape index (κ2) is 5.50. The van der Waals surface area contributed by atoms with Crippen LogP contribution in [-0.4, -0.2) is 13.5 Å². The molecule has 98 valence electrons. The van der Waals surface area contributed by atoms with Crippen molar-refractivity contribution in [1.29, 1.82) is 0 Å². The largest absolute Gasteiger partial charge is 0.391 e. The van der Waals surface area contributed by atoms with Crippen molar-refractivity contribution in [2.75, 3.05) is 0 Å². The molecule has 0 aliphatic carbocycles. The number of aliphatic hydroxyl groups excluding tert-OH is 1. The Kier molecular flexibility index (Phi) is 4.18. The zero-order valence-electron chi connectivity index (χ0n) is 9.71. The first kappa shape index (κ1) is 13.7. The maximum atomic E-state index is 12.0. The number of thiophene rings is 2. The van der Waals surface area contributed by atoms with Gasteiger partial charge in [0.1, 0.15) is 4.21 Å². The zero-order chi connectivity index (χ0) is 13.2. The molecule has 2 heterocycles. The van der Waals surface area contributed by atoms with E-state index in [9.17, 15) is 8.42 Å². The van der Waals surface area contributed by atoms with Gasteiger partial charge in [0.15, 0.2) is 0 Å². The summed E-state index contributed by atoms with van der Waals surface area (Å²) in [6, 6.07) is 5.35. The molecule has 2 N–H and O–H groups in total. The van der Waals surface area contributed by atoms with Gasteiger partial charge >= 0.3 is 0 Å². The van der Waals surface area contributed by atoms with Gasteiger partial charge in [-0.1, -0.05) is 6.07 Å². The molecule has 0 unspecified atom stereocenters. The van der Waals surface area contributed by atoms with Gasteiger partial charge in [0.25, 0.3) is 0 Å². The quantitative estimate of drug-likeness (QED) is 0.889. The fourth-order valence-corrected chi connectivity index (χ4v) is 4.66. The molecule has 0 amide bonds. The Morgan fingerprint density at radius 1 is 1.44 bits per heavy atom. The van der Waals surface area contributed by atoms with Crippen LogP contribution in [0.4, 0.5) is 0 Å². The van der Waals surface area contributed by atoms with Crippen molar-refractivity contribution < 1.29 is 13.5 Å². The minimum absolute atomic E-state index is 0.128. The molecule has 0 radical (unpaired) electrons. The predicted octanol–water partition coefficient (Wildman–Crippen LogP) is 2.09. The summed E-state index contributed by atoms with van der Waals surface area (Å²) in [6.07, 6.45) is 0. The lowest BCUT2D eigenvalue weighted by Gasteiger charge is -2.02.